The first-order valence-corrected chi connectivity index (χ1v) is 10.1. The monoisotopic (exact) mass is 364 g/mol. The van der Waals surface area contributed by atoms with Gasteiger partial charge in [0.15, 0.2) is 0 Å². The molecule has 4 rings (SSSR count). The van der Waals surface area contributed by atoms with Gasteiger partial charge in [0, 0.05) is 25.8 Å². The summed E-state index contributed by atoms with van der Waals surface area (Å²) in [6.07, 6.45) is 6.59. The third-order valence-corrected chi connectivity index (χ3v) is 5.66. The summed E-state index contributed by atoms with van der Waals surface area (Å²) < 4.78 is 0. The number of carbonyl (C=O) groups excluding carboxylic acids is 1. The van der Waals surface area contributed by atoms with E-state index in [9.17, 15) is 4.79 Å². The first-order valence-electron chi connectivity index (χ1n) is 10.1. The van der Waals surface area contributed by atoms with Gasteiger partial charge in [-0.3, -0.25) is 9.69 Å². The highest BCUT2D eigenvalue weighted by atomic mass is 16.1. The van der Waals surface area contributed by atoms with Gasteiger partial charge >= 0.3 is 0 Å². The molecule has 0 saturated carbocycles. The third kappa shape index (κ3) is 4.14. The second-order valence-corrected chi connectivity index (χ2v) is 7.45. The van der Waals surface area contributed by atoms with Crippen LogP contribution in [0.3, 0.4) is 0 Å². The second kappa shape index (κ2) is 8.53. The molecule has 1 N–H and O–H groups in total. The molecule has 0 aliphatic carbocycles. The Balaban J connectivity index is 1.49. The zero-order valence-corrected chi connectivity index (χ0v) is 15.8. The Morgan fingerprint density at radius 3 is 2.41 bits per heavy atom. The number of amides is 1. The molecule has 5 nitrogen and oxygen atoms in total. The fraction of sp³-hybridized carbons (Fsp3) is 0.455. The molecule has 1 atom stereocenters. The average molecular weight is 364 g/mol. The van der Waals surface area contributed by atoms with Crippen LogP contribution in [0.2, 0.25) is 0 Å². The molecule has 0 spiro atoms. The summed E-state index contributed by atoms with van der Waals surface area (Å²) in [7, 11) is 0. The van der Waals surface area contributed by atoms with Gasteiger partial charge in [-0.1, -0.05) is 30.3 Å². The van der Waals surface area contributed by atoms with E-state index in [1.54, 1.807) is 6.20 Å². The van der Waals surface area contributed by atoms with Crippen molar-refractivity contribution in [2.75, 3.05) is 37.6 Å². The van der Waals surface area contributed by atoms with Crippen molar-refractivity contribution in [2.24, 2.45) is 0 Å². The van der Waals surface area contributed by atoms with Crippen molar-refractivity contribution in [3.05, 3.63) is 59.8 Å². The Kier molecular flexibility index (Phi) is 5.68. The smallest absolute Gasteiger partial charge is 0.255 e. The van der Waals surface area contributed by atoms with Crippen molar-refractivity contribution in [1.82, 2.24) is 15.2 Å². The highest BCUT2D eigenvalue weighted by molar-refractivity contribution is 5.98. The number of pyridine rings is 1. The SMILES string of the molecule is O=C(NCC(c1ccccc1)N1CCCC1)c1cccnc1N1CCCC1. The van der Waals surface area contributed by atoms with Crippen molar-refractivity contribution in [2.45, 2.75) is 31.7 Å². The molecule has 3 heterocycles. The lowest BCUT2D eigenvalue weighted by atomic mass is 10.1. The Labute approximate surface area is 161 Å². The third-order valence-electron chi connectivity index (χ3n) is 5.66. The molecular formula is C22H28N4O. The molecule has 2 saturated heterocycles. The van der Waals surface area contributed by atoms with Gasteiger partial charge in [0.05, 0.1) is 11.6 Å². The Hall–Kier alpha value is -2.40. The topological polar surface area (TPSA) is 48.5 Å². The molecular weight excluding hydrogens is 336 g/mol. The predicted molar refractivity (Wildman–Crippen MR) is 108 cm³/mol. The summed E-state index contributed by atoms with van der Waals surface area (Å²) in [6.45, 7) is 4.79. The van der Waals surface area contributed by atoms with Crippen LogP contribution in [-0.2, 0) is 0 Å². The van der Waals surface area contributed by atoms with Crippen LogP contribution >= 0.6 is 0 Å². The van der Waals surface area contributed by atoms with Crippen LogP contribution in [0.5, 0.6) is 0 Å². The molecule has 1 aromatic carbocycles. The van der Waals surface area contributed by atoms with Crippen LogP contribution in [0.4, 0.5) is 5.82 Å². The number of rotatable bonds is 6. The molecule has 2 aliphatic heterocycles. The minimum atomic E-state index is -0.0230. The Morgan fingerprint density at radius 2 is 1.67 bits per heavy atom. The van der Waals surface area contributed by atoms with E-state index in [1.165, 1.54) is 31.2 Å². The fourth-order valence-corrected chi connectivity index (χ4v) is 4.23. The van der Waals surface area contributed by atoms with Crippen LogP contribution in [0, 0.1) is 0 Å². The fourth-order valence-electron chi connectivity index (χ4n) is 4.23. The maximum Gasteiger partial charge on any atom is 0.255 e. The van der Waals surface area contributed by atoms with Gasteiger partial charge in [-0.05, 0) is 56.5 Å². The van der Waals surface area contributed by atoms with E-state index < -0.39 is 0 Å². The van der Waals surface area contributed by atoms with Gasteiger partial charge < -0.3 is 10.2 Å². The standard InChI is InChI=1S/C22H28N4O/c27-22(19-11-8-12-23-21(19)26-15-6-7-16-26)24-17-20(25-13-4-5-14-25)18-9-2-1-3-10-18/h1-3,8-12,20H,4-7,13-17H2,(H,24,27). The minimum Gasteiger partial charge on any atom is -0.356 e. The highest BCUT2D eigenvalue weighted by Gasteiger charge is 2.25. The molecule has 27 heavy (non-hydrogen) atoms. The Morgan fingerprint density at radius 1 is 0.963 bits per heavy atom. The van der Waals surface area contributed by atoms with Crippen LogP contribution in [-0.4, -0.2) is 48.5 Å². The first-order chi connectivity index (χ1) is 13.3. The van der Waals surface area contributed by atoms with Crippen LogP contribution < -0.4 is 10.2 Å². The number of carbonyl (C=O) groups is 1. The van der Waals surface area contributed by atoms with Crippen LogP contribution in [0.1, 0.15) is 47.6 Å². The zero-order chi connectivity index (χ0) is 18.5. The lowest BCUT2D eigenvalue weighted by Gasteiger charge is -2.28. The van der Waals surface area contributed by atoms with E-state index in [-0.39, 0.29) is 11.9 Å². The van der Waals surface area contributed by atoms with Crippen LogP contribution in [0.25, 0.3) is 0 Å². The van der Waals surface area contributed by atoms with E-state index in [0.717, 1.165) is 32.0 Å². The van der Waals surface area contributed by atoms with E-state index in [2.05, 4.69) is 44.4 Å². The molecule has 5 heteroatoms. The molecule has 0 radical (unpaired) electrons. The zero-order valence-electron chi connectivity index (χ0n) is 15.8. The number of hydrogen-bond donors (Lipinski definition) is 1. The van der Waals surface area contributed by atoms with Crippen molar-refractivity contribution in [1.29, 1.82) is 0 Å². The number of hydrogen-bond acceptors (Lipinski definition) is 4. The van der Waals surface area contributed by atoms with E-state index in [1.807, 2.05) is 18.2 Å². The maximum absolute atomic E-state index is 13.0. The number of anilines is 1. The first kappa shape index (κ1) is 18.0. The lowest BCUT2D eigenvalue weighted by Crippen LogP contribution is -2.37. The van der Waals surface area contributed by atoms with Gasteiger partial charge in [0.25, 0.3) is 5.91 Å². The van der Waals surface area contributed by atoms with Crippen molar-refractivity contribution in [3.63, 3.8) is 0 Å². The van der Waals surface area contributed by atoms with E-state index >= 15 is 0 Å². The number of nitrogens with zero attached hydrogens (tertiary/aromatic N) is 3. The van der Waals surface area contributed by atoms with Gasteiger partial charge in [0.1, 0.15) is 5.82 Å². The average Bonchev–Trinajstić information content (AvgIpc) is 3.43. The maximum atomic E-state index is 13.0. The predicted octanol–water partition coefficient (Wildman–Crippen LogP) is 3.25. The quantitative estimate of drug-likeness (QED) is 0.855. The van der Waals surface area contributed by atoms with Crippen molar-refractivity contribution < 1.29 is 4.79 Å². The van der Waals surface area contributed by atoms with Crippen LogP contribution in [0.15, 0.2) is 48.7 Å². The molecule has 2 aliphatic rings. The second-order valence-electron chi connectivity index (χ2n) is 7.45. The summed E-state index contributed by atoms with van der Waals surface area (Å²) in [5, 5.41) is 3.19. The highest BCUT2D eigenvalue weighted by Crippen LogP contribution is 2.25. The molecule has 0 bridgehead atoms. The summed E-state index contributed by atoms with van der Waals surface area (Å²) in [4.78, 5) is 22.2. The molecule has 1 amide bonds. The molecule has 1 aromatic heterocycles. The van der Waals surface area contributed by atoms with Gasteiger partial charge in [0.2, 0.25) is 0 Å². The molecule has 2 aromatic rings. The number of nitrogens with one attached hydrogen (secondary N) is 1. The minimum absolute atomic E-state index is 0.0230. The van der Waals surface area contributed by atoms with Gasteiger partial charge in [-0.25, -0.2) is 4.98 Å². The van der Waals surface area contributed by atoms with Crippen molar-refractivity contribution in [3.8, 4) is 0 Å². The summed E-state index contributed by atoms with van der Waals surface area (Å²) in [5.41, 5.74) is 1.96. The molecule has 1 unspecified atom stereocenters. The van der Waals surface area contributed by atoms with Gasteiger partial charge in [-0.2, -0.15) is 0 Å². The number of aromatic nitrogens is 1. The normalized spacial score (nSPS) is 18.6. The summed E-state index contributed by atoms with van der Waals surface area (Å²) >= 11 is 0. The molecule has 142 valence electrons. The van der Waals surface area contributed by atoms with E-state index in [0.29, 0.717) is 12.1 Å². The lowest BCUT2D eigenvalue weighted by molar-refractivity contribution is 0.0938. The number of benzene rings is 1. The molecule has 2 fully saturated rings. The van der Waals surface area contributed by atoms with E-state index in [4.69, 9.17) is 0 Å². The number of likely N-dealkylation sites (tertiary alicyclic amines) is 1. The van der Waals surface area contributed by atoms with Crippen molar-refractivity contribution >= 4 is 11.7 Å². The Bertz CT molecular complexity index is 752. The summed E-state index contributed by atoms with van der Waals surface area (Å²) in [6, 6.07) is 14.5. The summed E-state index contributed by atoms with van der Waals surface area (Å²) in [5.74, 6) is 0.801. The van der Waals surface area contributed by atoms with Gasteiger partial charge in [-0.15, -0.1) is 0 Å². The largest absolute Gasteiger partial charge is 0.356 e.